The van der Waals surface area contributed by atoms with Gasteiger partial charge in [-0.25, -0.2) is 0 Å². The highest BCUT2D eigenvalue weighted by atomic mass is 19.4. The predicted octanol–water partition coefficient (Wildman–Crippen LogP) is 2.98. The zero-order valence-electron chi connectivity index (χ0n) is 12.6. The summed E-state index contributed by atoms with van der Waals surface area (Å²) in [5.74, 6) is -0.881. The first-order valence-corrected chi connectivity index (χ1v) is 7.61. The van der Waals surface area contributed by atoms with E-state index in [9.17, 15) is 22.8 Å². The number of carbonyl (C=O) groups is 2. The summed E-state index contributed by atoms with van der Waals surface area (Å²) in [6, 6.07) is 4.58. The van der Waals surface area contributed by atoms with Crippen LogP contribution in [-0.4, -0.2) is 11.8 Å². The van der Waals surface area contributed by atoms with Gasteiger partial charge in [-0.2, -0.15) is 13.2 Å². The maximum absolute atomic E-state index is 12.6. The summed E-state index contributed by atoms with van der Waals surface area (Å²) in [7, 11) is 0. The standard InChI is InChI=1S/C16H19F3N2O2/c17-16(18,19)13-8-4-5-11(9-13)10-14(22)20-21-15(23)12-6-2-1-3-7-12/h4-5,8-9,12H,1-3,6-7,10H2,(H,20,22)(H,21,23). The van der Waals surface area contributed by atoms with Gasteiger partial charge in [0.05, 0.1) is 12.0 Å². The van der Waals surface area contributed by atoms with E-state index in [0.29, 0.717) is 0 Å². The number of amides is 2. The monoisotopic (exact) mass is 328 g/mol. The van der Waals surface area contributed by atoms with Gasteiger partial charge in [0.2, 0.25) is 11.8 Å². The summed E-state index contributed by atoms with van der Waals surface area (Å²) < 4.78 is 37.8. The van der Waals surface area contributed by atoms with E-state index in [4.69, 9.17) is 0 Å². The minimum Gasteiger partial charge on any atom is -0.273 e. The van der Waals surface area contributed by atoms with E-state index >= 15 is 0 Å². The fraction of sp³-hybridized carbons (Fsp3) is 0.500. The van der Waals surface area contributed by atoms with Crippen LogP contribution in [0, 0.1) is 5.92 Å². The van der Waals surface area contributed by atoms with Crippen molar-refractivity contribution in [2.45, 2.75) is 44.7 Å². The van der Waals surface area contributed by atoms with Crippen molar-refractivity contribution >= 4 is 11.8 Å². The Balaban J connectivity index is 1.84. The molecular weight excluding hydrogens is 309 g/mol. The molecule has 0 spiro atoms. The Morgan fingerprint density at radius 1 is 1.09 bits per heavy atom. The van der Waals surface area contributed by atoms with Crippen LogP contribution in [0.25, 0.3) is 0 Å². The second-order valence-corrected chi connectivity index (χ2v) is 5.75. The molecule has 1 aliphatic carbocycles. The maximum Gasteiger partial charge on any atom is 0.416 e. The van der Waals surface area contributed by atoms with Crippen LogP contribution in [0.2, 0.25) is 0 Å². The molecule has 0 radical (unpaired) electrons. The molecule has 0 aliphatic heterocycles. The zero-order chi connectivity index (χ0) is 16.9. The number of alkyl halides is 3. The first-order chi connectivity index (χ1) is 10.9. The fourth-order valence-electron chi connectivity index (χ4n) is 2.69. The first-order valence-electron chi connectivity index (χ1n) is 7.61. The summed E-state index contributed by atoms with van der Waals surface area (Å²) in [6.07, 6.45) is 0.0411. The number of hydrazine groups is 1. The molecule has 0 bridgehead atoms. The number of carbonyl (C=O) groups excluding carboxylic acids is 2. The molecule has 1 saturated carbocycles. The second-order valence-electron chi connectivity index (χ2n) is 5.75. The van der Waals surface area contributed by atoms with Gasteiger partial charge < -0.3 is 0 Å². The van der Waals surface area contributed by atoms with E-state index in [1.165, 1.54) is 12.1 Å². The topological polar surface area (TPSA) is 58.2 Å². The summed E-state index contributed by atoms with van der Waals surface area (Å²) >= 11 is 0. The van der Waals surface area contributed by atoms with Crippen LogP contribution in [-0.2, 0) is 22.2 Å². The van der Waals surface area contributed by atoms with Gasteiger partial charge in [0.1, 0.15) is 0 Å². The molecule has 0 saturated heterocycles. The Morgan fingerprint density at radius 2 is 1.78 bits per heavy atom. The number of hydrogen-bond donors (Lipinski definition) is 2. The Labute approximate surface area is 132 Å². The minimum absolute atomic E-state index is 0.0994. The molecule has 1 aromatic carbocycles. The lowest BCUT2D eigenvalue weighted by Gasteiger charge is -2.20. The molecule has 0 heterocycles. The van der Waals surface area contributed by atoms with Crippen molar-refractivity contribution in [2.75, 3.05) is 0 Å². The van der Waals surface area contributed by atoms with Crippen LogP contribution in [0.1, 0.15) is 43.2 Å². The van der Waals surface area contributed by atoms with Gasteiger partial charge in [0.15, 0.2) is 0 Å². The van der Waals surface area contributed by atoms with E-state index in [1.54, 1.807) is 0 Å². The molecule has 2 amide bonds. The van der Waals surface area contributed by atoms with Gasteiger partial charge in [-0.05, 0) is 24.5 Å². The molecule has 0 atom stereocenters. The van der Waals surface area contributed by atoms with E-state index in [-0.39, 0.29) is 23.8 Å². The third kappa shape index (κ3) is 5.26. The molecule has 7 heteroatoms. The van der Waals surface area contributed by atoms with E-state index < -0.39 is 17.6 Å². The first kappa shape index (κ1) is 17.3. The van der Waals surface area contributed by atoms with Crippen LogP contribution < -0.4 is 10.9 Å². The third-order valence-electron chi connectivity index (χ3n) is 3.92. The molecule has 2 N–H and O–H groups in total. The molecule has 1 aliphatic rings. The number of rotatable bonds is 3. The normalized spacial score (nSPS) is 16.0. The van der Waals surface area contributed by atoms with Crippen LogP contribution in [0.3, 0.4) is 0 Å². The lowest BCUT2D eigenvalue weighted by atomic mass is 9.89. The molecule has 2 rings (SSSR count). The van der Waals surface area contributed by atoms with Crippen LogP contribution >= 0.6 is 0 Å². The summed E-state index contributed by atoms with van der Waals surface area (Å²) in [5, 5.41) is 0. The molecule has 1 aromatic rings. The van der Waals surface area contributed by atoms with E-state index in [0.717, 1.165) is 44.2 Å². The van der Waals surface area contributed by atoms with Crippen molar-refractivity contribution < 1.29 is 22.8 Å². The summed E-state index contributed by atoms with van der Waals surface area (Å²) in [4.78, 5) is 23.6. The van der Waals surface area contributed by atoms with Crippen molar-refractivity contribution in [2.24, 2.45) is 5.92 Å². The van der Waals surface area contributed by atoms with E-state index in [1.807, 2.05) is 0 Å². The van der Waals surface area contributed by atoms with Crippen LogP contribution in [0.5, 0.6) is 0 Å². The molecule has 0 unspecified atom stereocenters. The smallest absolute Gasteiger partial charge is 0.273 e. The highest BCUT2D eigenvalue weighted by molar-refractivity contribution is 5.84. The third-order valence-corrected chi connectivity index (χ3v) is 3.92. The average molecular weight is 328 g/mol. The number of halogens is 3. The second kappa shape index (κ2) is 7.48. The Morgan fingerprint density at radius 3 is 2.43 bits per heavy atom. The van der Waals surface area contributed by atoms with E-state index in [2.05, 4.69) is 10.9 Å². The summed E-state index contributed by atoms with van der Waals surface area (Å²) in [6.45, 7) is 0. The van der Waals surface area contributed by atoms with Gasteiger partial charge >= 0.3 is 6.18 Å². The summed E-state index contributed by atoms with van der Waals surface area (Å²) in [5.41, 5.74) is 4.07. The van der Waals surface area contributed by atoms with Gasteiger partial charge in [-0.15, -0.1) is 0 Å². The average Bonchev–Trinajstić information content (AvgIpc) is 2.53. The zero-order valence-corrected chi connectivity index (χ0v) is 12.6. The van der Waals surface area contributed by atoms with Crippen molar-refractivity contribution in [3.05, 3.63) is 35.4 Å². The lowest BCUT2D eigenvalue weighted by molar-refractivity contribution is -0.137. The number of hydrogen-bond acceptors (Lipinski definition) is 2. The molecular formula is C16H19F3N2O2. The minimum atomic E-state index is -4.44. The Bertz CT molecular complexity index is 567. The van der Waals surface area contributed by atoms with Gasteiger partial charge in [0, 0.05) is 5.92 Å². The molecule has 4 nitrogen and oxygen atoms in total. The SMILES string of the molecule is O=C(Cc1cccc(C(F)(F)F)c1)NNC(=O)C1CCCCC1. The highest BCUT2D eigenvalue weighted by Gasteiger charge is 2.30. The Hall–Kier alpha value is -2.05. The quantitative estimate of drug-likeness (QED) is 0.838. The molecule has 1 fully saturated rings. The van der Waals surface area contributed by atoms with Gasteiger partial charge in [-0.1, -0.05) is 37.5 Å². The van der Waals surface area contributed by atoms with Crippen LogP contribution in [0.15, 0.2) is 24.3 Å². The predicted molar refractivity (Wildman–Crippen MR) is 78.0 cm³/mol. The van der Waals surface area contributed by atoms with Crippen molar-refractivity contribution in [3.63, 3.8) is 0 Å². The lowest BCUT2D eigenvalue weighted by Crippen LogP contribution is -2.45. The number of benzene rings is 1. The largest absolute Gasteiger partial charge is 0.416 e. The van der Waals surface area contributed by atoms with Gasteiger partial charge in [0.25, 0.3) is 0 Å². The maximum atomic E-state index is 12.6. The van der Waals surface area contributed by atoms with Crippen LogP contribution in [0.4, 0.5) is 13.2 Å². The van der Waals surface area contributed by atoms with Gasteiger partial charge in [-0.3, -0.25) is 20.4 Å². The number of nitrogens with one attached hydrogen (secondary N) is 2. The Kier molecular flexibility index (Phi) is 5.63. The van der Waals surface area contributed by atoms with Crippen molar-refractivity contribution in [1.29, 1.82) is 0 Å². The fourth-order valence-corrected chi connectivity index (χ4v) is 2.69. The molecule has 0 aromatic heterocycles. The van der Waals surface area contributed by atoms with Crippen molar-refractivity contribution in [3.8, 4) is 0 Å². The van der Waals surface area contributed by atoms with Crippen molar-refractivity contribution in [1.82, 2.24) is 10.9 Å². The molecule has 23 heavy (non-hydrogen) atoms. The molecule has 126 valence electrons. The highest BCUT2D eigenvalue weighted by Crippen LogP contribution is 2.29.